The van der Waals surface area contributed by atoms with Gasteiger partial charge in [-0.25, -0.2) is 0 Å². The van der Waals surface area contributed by atoms with Crippen molar-refractivity contribution in [2.45, 2.75) is 46.1 Å². The normalized spacial score (nSPS) is 24.6. The molecular formula is C14H28N2O2. The third-order valence-corrected chi connectivity index (χ3v) is 3.36. The highest BCUT2D eigenvalue weighted by Gasteiger charge is 2.27. The maximum Gasteiger partial charge on any atom is 0.222 e. The van der Waals surface area contributed by atoms with Crippen LogP contribution in [0.3, 0.4) is 0 Å². The minimum atomic E-state index is 0.227. The summed E-state index contributed by atoms with van der Waals surface area (Å²) >= 11 is 0. The van der Waals surface area contributed by atoms with Crippen LogP contribution >= 0.6 is 0 Å². The Morgan fingerprint density at radius 3 is 2.78 bits per heavy atom. The Kier molecular flexibility index (Phi) is 6.65. The molecule has 18 heavy (non-hydrogen) atoms. The van der Waals surface area contributed by atoms with Gasteiger partial charge in [0.15, 0.2) is 0 Å². The average Bonchev–Trinajstić information content (AvgIpc) is 2.27. The van der Waals surface area contributed by atoms with Crippen molar-refractivity contribution >= 4 is 5.91 Å². The highest BCUT2D eigenvalue weighted by molar-refractivity contribution is 5.76. The van der Waals surface area contributed by atoms with Gasteiger partial charge in [0.25, 0.3) is 0 Å². The first-order valence-corrected chi connectivity index (χ1v) is 7.15. The summed E-state index contributed by atoms with van der Waals surface area (Å²) in [6, 6.07) is 0.386. The van der Waals surface area contributed by atoms with Crippen LogP contribution in [0.15, 0.2) is 0 Å². The monoisotopic (exact) mass is 256 g/mol. The summed E-state index contributed by atoms with van der Waals surface area (Å²) in [5.41, 5.74) is 0. The number of aliphatic hydroxyl groups excluding tert-OH is 1. The van der Waals surface area contributed by atoms with Gasteiger partial charge in [0, 0.05) is 32.2 Å². The van der Waals surface area contributed by atoms with E-state index in [1.165, 1.54) is 0 Å². The molecule has 4 nitrogen and oxygen atoms in total. The molecule has 1 aliphatic heterocycles. The second kappa shape index (κ2) is 7.74. The number of piperidine rings is 1. The molecule has 4 heteroatoms. The molecule has 2 unspecified atom stereocenters. The predicted molar refractivity (Wildman–Crippen MR) is 73.3 cm³/mol. The van der Waals surface area contributed by atoms with Crippen molar-refractivity contribution in [2.75, 3.05) is 26.2 Å². The fourth-order valence-corrected chi connectivity index (χ4v) is 2.57. The fraction of sp³-hybridized carbons (Fsp3) is 0.929. The van der Waals surface area contributed by atoms with E-state index >= 15 is 0 Å². The van der Waals surface area contributed by atoms with Crippen molar-refractivity contribution < 1.29 is 9.90 Å². The molecule has 1 saturated heterocycles. The van der Waals surface area contributed by atoms with Crippen molar-refractivity contribution in [3.05, 3.63) is 0 Å². The van der Waals surface area contributed by atoms with Crippen molar-refractivity contribution in [3.8, 4) is 0 Å². The third kappa shape index (κ3) is 5.36. The quantitative estimate of drug-likeness (QED) is 0.703. The van der Waals surface area contributed by atoms with Gasteiger partial charge in [-0.3, -0.25) is 4.79 Å². The second-order valence-electron chi connectivity index (χ2n) is 5.97. The Hall–Kier alpha value is -0.610. The zero-order chi connectivity index (χ0) is 13.5. The van der Waals surface area contributed by atoms with Crippen molar-refractivity contribution in [2.24, 2.45) is 11.8 Å². The number of carbonyl (C=O) groups excluding carboxylic acids is 1. The van der Waals surface area contributed by atoms with E-state index in [2.05, 4.69) is 26.1 Å². The number of carbonyl (C=O) groups is 1. The molecule has 2 atom stereocenters. The molecule has 0 aromatic rings. The van der Waals surface area contributed by atoms with E-state index < -0.39 is 0 Å². The second-order valence-corrected chi connectivity index (χ2v) is 5.97. The summed E-state index contributed by atoms with van der Waals surface area (Å²) in [5, 5.41) is 12.2. The first kappa shape index (κ1) is 15.4. The van der Waals surface area contributed by atoms with E-state index in [9.17, 15) is 4.79 Å². The SMILES string of the molecule is CC(C)CC(=O)N1CC(C)CC(NCCCO)C1. The van der Waals surface area contributed by atoms with Crippen molar-refractivity contribution in [1.82, 2.24) is 10.2 Å². The van der Waals surface area contributed by atoms with Gasteiger partial charge >= 0.3 is 0 Å². The maximum atomic E-state index is 12.1. The fourth-order valence-electron chi connectivity index (χ4n) is 2.57. The molecule has 0 aliphatic carbocycles. The molecule has 1 aliphatic rings. The lowest BCUT2D eigenvalue weighted by molar-refractivity contribution is -0.134. The Labute approximate surface area is 111 Å². The van der Waals surface area contributed by atoms with Crippen LogP contribution in [-0.4, -0.2) is 48.2 Å². The minimum absolute atomic E-state index is 0.227. The topological polar surface area (TPSA) is 52.6 Å². The molecule has 1 amide bonds. The van der Waals surface area contributed by atoms with Crippen LogP contribution < -0.4 is 5.32 Å². The first-order valence-electron chi connectivity index (χ1n) is 7.15. The third-order valence-electron chi connectivity index (χ3n) is 3.36. The lowest BCUT2D eigenvalue weighted by Gasteiger charge is -2.37. The molecule has 1 heterocycles. The summed E-state index contributed by atoms with van der Waals surface area (Å²) in [6.45, 7) is 9.15. The van der Waals surface area contributed by atoms with Gasteiger partial charge in [-0.1, -0.05) is 20.8 Å². The Morgan fingerprint density at radius 1 is 1.44 bits per heavy atom. The summed E-state index contributed by atoms with van der Waals surface area (Å²) in [4.78, 5) is 14.1. The number of nitrogens with zero attached hydrogens (tertiary/aromatic N) is 1. The van der Waals surface area contributed by atoms with Gasteiger partial charge < -0.3 is 15.3 Å². The predicted octanol–water partition coefficient (Wildman–Crippen LogP) is 1.24. The molecule has 0 spiro atoms. The minimum Gasteiger partial charge on any atom is -0.396 e. The van der Waals surface area contributed by atoms with E-state index in [1.54, 1.807) is 0 Å². The van der Waals surface area contributed by atoms with Crippen molar-refractivity contribution in [1.29, 1.82) is 0 Å². The maximum absolute atomic E-state index is 12.1. The van der Waals surface area contributed by atoms with Crippen LogP contribution in [-0.2, 0) is 4.79 Å². The Morgan fingerprint density at radius 2 is 2.17 bits per heavy atom. The molecule has 1 fully saturated rings. The van der Waals surface area contributed by atoms with E-state index in [1.807, 2.05) is 4.90 Å². The summed E-state index contributed by atoms with van der Waals surface area (Å²) in [5.74, 6) is 1.27. The first-order chi connectivity index (χ1) is 8.52. The molecule has 2 N–H and O–H groups in total. The summed E-state index contributed by atoms with van der Waals surface area (Å²) < 4.78 is 0. The van der Waals surface area contributed by atoms with Crippen molar-refractivity contribution in [3.63, 3.8) is 0 Å². The molecule has 0 radical (unpaired) electrons. The number of aliphatic hydroxyl groups is 1. The zero-order valence-corrected chi connectivity index (χ0v) is 12.0. The van der Waals surface area contributed by atoms with Crippen LogP contribution in [0.25, 0.3) is 0 Å². The van der Waals surface area contributed by atoms with Gasteiger partial charge in [0.2, 0.25) is 5.91 Å². The number of hydrogen-bond donors (Lipinski definition) is 2. The Bertz CT molecular complexity index is 256. The lowest BCUT2D eigenvalue weighted by atomic mass is 9.95. The molecular weight excluding hydrogens is 228 g/mol. The molecule has 0 aromatic heterocycles. The highest BCUT2D eigenvalue weighted by atomic mass is 16.3. The van der Waals surface area contributed by atoms with E-state index in [4.69, 9.17) is 5.11 Å². The highest BCUT2D eigenvalue weighted by Crippen LogP contribution is 2.18. The van der Waals surface area contributed by atoms with E-state index in [-0.39, 0.29) is 12.5 Å². The zero-order valence-electron chi connectivity index (χ0n) is 12.0. The molecule has 1 rings (SSSR count). The van der Waals surface area contributed by atoms with E-state index in [0.29, 0.717) is 24.3 Å². The number of hydrogen-bond acceptors (Lipinski definition) is 3. The lowest BCUT2D eigenvalue weighted by Crippen LogP contribution is -2.51. The largest absolute Gasteiger partial charge is 0.396 e. The van der Waals surface area contributed by atoms with Gasteiger partial charge in [-0.2, -0.15) is 0 Å². The summed E-state index contributed by atoms with van der Waals surface area (Å²) in [6.07, 6.45) is 2.55. The van der Waals surface area contributed by atoms with Crippen LogP contribution in [0.5, 0.6) is 0 Å². The standard InChI is InChI=1S/C14H28N2O2/c1-11(2)7-14(18)16-9-12(3)8-13(10-16)15-5-4-6-17/h11-13,15,17H,4-10H2,1-3H3. The summed E-state index contributed by atoms with van der Waals surface area (Å²) in [7, 11) is 0. The van der Waals surface area contributed by atoms with E-state index in [0.717, 1.165) is 32.5 Å². The van der Waals surface area contributed by atoms with Gasteiger partial charge in [-0.15, -0.1) is 0 Å². The van der Waals surface area contributed by atoms with Crippen LogP contribution in [0.4, 0.5) is 0 Å². The molecule has 0 saturated carbocycles. The number of rotatable bonds is 6. The number of nitrogens with one attached hydrogen (secondary N) is 1. The average molecular weight is 256 g/mol. The number of amides is 1. The molecule has 0 aromatic carbocycles. The molecule has 0 bridgehead atoms. The number of likely N-dealkylation sites (tertiary alicyclic amines) is 1. The van der Waals surface area contributed by atoms with Gasteiger partial charge in [0.1, 0.15) is 0 Å². The Balaban J connectivity index is 2.42. The van der Waals surface area contributed by atoms with Gasteiger partial charge in [-0.05, 0) is 31.2 Å². The van der Waals surface area contributed by atoms with Crippen LogP contribution in [0.2, 0.25) is 0 Å². The molecule has 106 valence electrons. The van der Waals surface area contributed by atoms with Gasteiger partial charge in [0.05, 0.1) is 0 Å². The van der Waals surface area contributed by atoms with Crippen LogP contribution in [0.1, 0.15) is 40.0 Å². The van der Waals surface area contributed by atoms with Crippen LogP contribution in [0, 0.1) is 11.8 Å². The smallest absolute Gasteiger partial charge is 0.222 e.